The van der Waals surface area contributed by atoms with Crippen LogP contribution in [0.15, 0.2) is 42.7 Å². The van der Waals surface area contributed by atoms with Gasteiger partial charge in [0.2, 0.25) is 5.91 Å². The molecule has 22 heavy (non-hydrogen) atoms. The van der Waals surface area contributed by atoms with E-state index in [4.69, 9.17) is 5.73 Å². The van der Waals surface area contributed by atoms with Crippen molar-refractivity contribution in [1.82, 2.24) is 4.98 Å². The van der Waals surface area contributed by atoms with Gasteiger partial charge in [0.15, 0.2) is 0 Å². The van der Waals surface area contributed by atoms with Gasteiger partial charge in [-0.25, -0.2) is 0 Å². The Labute approximate surface area is 128 Å². The molecule has 0 saturated heterocycles. The van der Waals surface area contributed by atoms with E-state index in [2.05, 4.69) is 10.3 Å². The monoisotopic (exact) mass is 295 g/mol. The minimum absolute atomic E-state index is 0.0548. The maximum atomic E-state index is 12.1. The van der Waals surface area contributed by atoms with Gasteiger partial charge < -0.3 is 11.1 Å². The average Bonchev–Trinajstić information content (AvgIpc) is 2.55. The fourth-order valence-electron chi connectivity index (χ4n) is 2.99. The highest BCUT2D eigenvalue weighted by Crippen LogP contribution is 2.44. The first-order valence-corrected chi connectivity index (χ1v) is 7.10. The van der Waals surface area contributed by atoms with Crippen molar-refractivity contribution in [2.75, 3.05) is 5.32 Å². The lowest BCUT2D eigenvalue weighted by Crippen LogP contribution is -2.44. The van der Waals surface area contributed by atoms with Crippen molar-refractivity contribution in [2.45, 2.75) is 24.8 Å². The molecule has 3 N–H and O–H groups in total. The number of anilines is 1. The summed E-state index contributed by atoms with van der Waals surface area (Å²) < 4.78 is 0. The van der Waals surface area contributed by atoms with Crippen LogP contribution in [0.4, 0.5) is 5.69 Å². The zero-order valence-corrected chi connectivity index (χ0v) is 12.2. The maximum absolute atomic E-state index is 12.1. The third kappa shape index (κ3) is 2.24. The number of hydrogen-bond donors (Lipinski definition) is 2. The van der Waals surface area contributed by atoms with Gasteiger partial charge in [0.05, 0.1) is 11.5 Å². The van der Waals surface area contributed by atoms with E-state index in [1.54, 1.807) is 24.5 Å². The second-order valence-electron chi connectivity index (χ2n) is 5.81. The van der Waals surface area contributed by atoms with E-state index in [-0.39, 0.29) is 6.04 Å². The van der Waals surface area contributed by atoms with Gasteiger partial charge in [-0.3, -0.25) is 14.6 Å². The summed E-state index contributed by atoms with van der Waals surface area (Å²) in [6, 6.07) is 9.06. The minimum Gasteiger partial charge on any atom is -0.378 e. The zero-order chi connectivity index (χ0) is 15.7. The van der Waals surface area contributed by atoms with Crippen molar-refractivity contribution in [2.24, 2.45) is 5.73 Å². The molecule has 0 spiro atoms. The maximum Gasteiger partial charge on any atom is 0.227 e. The summed E-state index contributed by atoms with van der Waals surface area (Å²) >= 11 is 0. The Hall–Kier alpha value is -2.69. The molecule has 0 fully saturated rings. The van der Waals surface area contributed by atoms with Crippen LogP contribution in [0, 0.1) is 0 Å². The van der Waals surface area contributed by atoms with Gasteiger partial charge in [0.1, 0.15) is 6.29 Å². The molecule has 0 saturated carbocycles. The second-order valence-corrected chi connectivity index (χ2v) is 5.81. The van der Waals surface area contributed by atoms with E-state index in [1.165, 1.54) is 0 Å². The third-order valence-corrected chi connectivity index (χ3v) is 4.35. The van der Waals surface area contributed by atoms with Crippen LogP contribution in [0.3, 0.4) is 0 Å². The highest BCUT2D eigenvalue weighted by molar-refractivity contribution is 5.90. The van der Waals surface area contributed by atoms with Crippen LogP contribution in [0.5, 0.6) is 0 Å². The number of nitrogens with two attached hydrogens (primary N) is 1. The molecule has 5 heteroatoms. The fraction of sp³-hybridized carbons (Fsp3) is 0.235. The van der Waals surface area contributed by atoms with Crippen LogP contribution in [-0.2, 0) is 10.2 Å². The SMILES string of the molecule is CC1(C(N)=O)CC(c2cccnc2)Nc2ccc(C=O)cc21. The van der Waals surface area contributed by atoms with Gasteiger partial charge in [-0.05, 0) is 48.7 Å². The number of pyridine rings is 1. The number of aldehydes is 1. The first-order chi connectivity index (χ1) is 10.5. The third-order valence-electron chi connectivity index (χ3n) is 4.35. The molecular weight excluding hydrogens is 278 g/mol. The van der Waals surface area contributed by atoms with Gasteiger partial charge >= 0.3 is 0 Å². The van der Waals surface area contributed by atoms with Crippen LogP contribution in [-0.4, -0.2) is 17.2 Å². The molecule has 1 aromatic heterocycles. The van der Waals surface area contributed by atoms with E-state index >= 15 is 0 Å². The molecule has 5 nitrogen and oxygen atoms in total. The smallest absolute Gasteiger partial charge is 0.227 e. The lowest BCUT2D eigenvalue weighted by atomic mass is 9.72. The first-order valence-electron chi connectivity index (χ1n) is 7.10. The average molecular weight is 295 g/mol. The van der Waals surface area contributed by atoms with Crippen molar-refractivity contribution < 1.29 is 9.59 Å². The van der Waals surface area contributed by atoms with Crippen molar-refractivity contribution in [3.63, 3.8) is 0 Å². The lowest BCUT2D eigenvalue weighted by molar-refractivity contribution is -0.123. The van der Waals surface area contributed by atoms with Crippen LogP contribution >= 0.6 is 0 Å². The molecular formula is C17H17N3O2. The van der Waals surface area contributed by atoms with Gasteiger partial charge in [-0.1, -0.05) is 6.07 Å². The molecule has 0 aliphatic carbocycles. The number of amides is 1. The molecule has 1 aliphatic rings. The van der Waals surface area contributed by atoms with E-state index in [0.717, 1.165) is 23.1 Å². The number of hydrogen-bond acceptors (Lipinski definition) is 4. The van der Waals surface area contributed by atoms with Crippen LogP contribution in [0.25, 0.3) is 0 Å². The quantitative estimate of drug-likeness (QED) is 0.850. The fourth-order valence-corrected chi connectivity index (χ4v) is 2.99. The molecule has 112 valence electrons. The summed E-state index contributed by atoms with van der Waals surface area (Å²) in [5, 5.41) is 3.41. The molecule has 1 amide bonds. The number of benzene rings is 1. The highest BCUT2D eigenvalue weighted by atomic mass is 16.1. The summed E-state index contributed by atoms with van der Waals surface area (Å²) in [6.07, 6.45) is 4.78. The number of carbonyl (C=O) groups is 2. The van der Waals surface area contributed by atoms with Crippen LogP contribution in [0.1, 0.15) is 40.9 Å². The topological polar surface area (TPSA) is 85.1 Å². The van der Waals surface area contributed by atoms with E-state index in [9.17, 15) is 9.59 Å². The van der Waals surface area contributed by atoms with E-state index < -0.39 is 11.3 Å². The Kier molecular flexibility index (Phi) is 3.41. The number of fused-ring (bicyclic) bond motifs is 1. The van der Waals surface area contributed by atoms with Crippen molar-refractivity contribution in [1.29, 1.82) is 0 Å². The number of nitrogens with zero attached hydrogens (tertiary/aromatic N) is 1. The standard InChI is InChI=1S/C17H17N3O2/c1-17(16(18)22)8-15(12-3-2-6-19-9-12)20-14-5-4-11(10-21)7-13(14)17/h2-7,9-10,15,20H,8H2,1H3,(H2,18,22). The molecule has 1 aromatic carbocycles. The van der Waals surface area contributed by atoms with E-state index in [0.29, 0.717) is 12.0 Å². The predicted molar refractivity (Wildman–Crippen MR) is 83.6 cm³/mol. The Morgan fingerprint density at radius 2 is 2.27 bits per heavy atom. The zero-order valence-electron chi connectivity index (χ0n) is 12.2. The van der Waals surface area contributed by atoms with Crippen LogP contribution in [0.2, 0.25) is 0 Å². The Balaban J connectivity index is 2.10. The second kappa shape index (κ2) is 5.26. The largest absolute Gasteiger partial charge is 0.378 e. The molecule has 0 bridgehead atoms. The Morgan fingerprint density at radius 1 is 1.45 bits per heavy atom. The molecule has 2 unspecified atom stereocenters. The molecule has 3 rings (SSSR count). The minimum atomic E-state index is -0.833. The van der Waals surface area contributed by atoms with E-state index in [1.807, 2.05) is 25.1 Å². The van der Waals surface area contributed by atoms with Gasteiger partial charge in [-0.15, -0.1) is 0 Å². The predicted octanol–water partition coefficient (Wildman–Crippen LogP) is 2.19. The number of rotatable bonds is 3. The number of aromatic nitrogens is 1. The number of carbonyl (C=O) groups excluding carboxylic acids is 2. The summed E-state index contributed by atoms with van der Waals surface area (Å²) in [5.74, 6) is -0.396. The molecule has 2 aromatic rings. The van der Waals surface area contributed by atoms with Crippen molar-refractivity contribution in [3.05, 3.63) is 59.4 Å². The Bertz CT molecular complexity index is 730. The summed E-state index contributed by atoms with van der Waals surface area (Å²) in [6.45, 7) is 1.83. The molecule has 0 radical (unpaired) electrons. The normalized spacial score (nSPS) is 23.2. The molecule has 2 heterocycles. The Morgan fingerprint density at radius 3 is 2.91 bits per heavy atom. The molecule has 2 atom stereocenters. The summed E-state index contributed by atoms with van der Waals surface area (Å²) in [4.78, 5) is 27.3. The number of primary amides is 1. The summed E-state index contributed by atoms with van der Waals surface area (Å²) in [5.41, 5.74) is 7.97. The number of nitrogens with one attached hydrogen (secondary N) is 1. The van der Waals surface area contributed by atoms with Gasteiger partial charge in [-0.2, -0.15) is 0 Å². The highest BCUT2D eigenvalue weighted by Gasteiger charge is 2.41. The van der Waals surface area contributed by atoms with Crippen molar-refractivity contribution >= 4 is 17.9 Å². The summed E-state index contributed by atoms with van der Waals surface area (Å²) in [7, 11) is 0. The van der Waals surface area contributed by atoms with Crippen LogP contribution < -0.4 is 11.1 Å². The van der Waals surface area contributed by atoms with Gasteiger partial charge in [0, 0.05) is 23.6 Å². The van der Waals surface area contributed by atoms with Crippen molar-refractivity contribution in [3.8, 4) is 0 Å². The first kappa shape index (κ1) is 14.3. The molecule has 1 aliphatic heterocycles. The van der Waals surface area contributed by atoms with Gasteiger partial charge in [0.25, 0.3) is 0 Å². The lowest BCUT2D eigenvalue weighted by Gasteiger charge is -2.39.